The van der Waals surface area contributed by atoms with Crippen LogP contribution in [-0.4, -0.2) is 15.0 Å². The van der Waals surface area contributed by atoms with Gasteiger partial charge >= 0.3 is 0 Å². The maximum absolute atomic E-state index is 4.08. The van der Waals surface area contributed by atoms with E-state index in [0.717, 1.165) is 17.1 Å². The Morgan fingerprint density at radius 1 is 0.600 bits per heavy atom. The van der Waals surface area contributed by atoms with Gasteiger partial charge < -0.3 is 0 Å². The molecule has 0 unspecified atom stereocenters. The molecule has 0 radical (unpaired) electrons. The summed E-state index contributed by atoms with van der Waals surface area (Å²) in [7, 11) is 0. The van der Waals surface area contributed by atoms with Crippen LogP contribution in [0, 0.1) is 27.7 Å². The molecule has 2 rings (SSSR count). The maximum Gasteiger partial charge on any atom is 0.0584 e. The van der Waals surface area contributed by atoms with Gasteiger partial charge in [-0.25, -0.2) is 0 Å². The molecule has 2 heterocycles. The average molecular weight is 275 g/mol. The van der Waals surface area contributed by atoms with Crippen molar-refractivity contribution < 1.29 is 0 Å². The predicted octanol–water partition coefficient (Wildman–Crippen LogP) is 4.84. The van der Waals surface area contributed by atoms with Gasteiger partial charge in [-0.3, -0.25) is 15.0 Å². The maximum atomic E-state index is 4.08. The SMILES string of the molecule is CC.CC.Cc1cccnc1C.Cc1nccnc1C. The fourth-order valence-corrected chi connectivity index (χ4v) is 1.04. The van der Waals surface area contributed by atoms with Crippen molar-refractivity contribution in [1.29, 1.82) is 0 Å². The van der Waals surface area contributed by atoms with E-state index in [1.54, 1.807) is 12.4 Å². The van der Waals surface area contributed by atoms with E-state index in [2.05, 4.69) is 27.9 Å². The van der Waals surface area contributed by atoms with E-state index >= 15 is 0 Å². The highest BCUT2D eigenvalue weighted by molar-refractivity contribution is 5.15. The summed E-state index contributed by atoms with van der Waals surface area (Å²) in [4.78, 5) is 12.1. The van der Waals surface area contributed by atoms with Gasteiger partial charge in [0, 0.05) is 24.3 Å². The molecule has 0 aliphatic rings. The lowest BCUT2D eigenvalue weighted by Gasteiger charge is -1.92. The highest BCUT2D eigenvalue weighted by atomic mass is 14.8. The summed E-state index contributed by atoms with van der Waals surface area (Å²) < 4.78 is 0. The Morgan fingerprint density at radius 3 is 1.25 bits per heavy atom. The van der Waals surface area contributed by atoms with Crippen molar-refractivity contribution in [2.45, 2.75) is 55.4 Å². The first kappa shape index (κ1) is 20.5. The standard InChI is InChI=1S/C7H9N.C6H8N2.2C2H6/c1-6-4-3-5-8-7(6)2;1-5-6(2)8-4-3-7-5;2*1-2/h3-5H,1-2H3;3-4H,1-2H3;2*1-2H3. The van der Waals surface area contributed by atoms with Crippen molar-refractivity contribution in [2.75, 3.05) is 0 Å². The van der Waals surface area contributed by atoms with E-state index in [0.29, 0.717) is 0 Å². The molecule has 3 nitrogen and oxygen atoms in total. The third kappa shape index (κ3) is 9.20. The first-order chi connectivity index (χ1) is 9.61. The van der Waals surface area contributed by atoms with Crippen LogP contribution in [0.25, 0.3) is 0 Å². The number of hydrogen-bond donors (Lipinski definition) is 0. The Bertz CT molecular complexity index is 368. The van der Waals surface area contributed by atoms with Crippen molar-refractivity contribution in [3.8, 4) is 0 Å². The van der Waals surface area contributed by atoms with Crippen molar-refractivity contribution in [3.05, 3.63) is 53.4 Å². The van der Waals surface area contributed by atoms with Crippen LogP contribution in [0.1, 0.15) is 50.3 Å². The number of rotatable bonds is 0. The van der Waals surface area contributed by atoms with Crippen molar-refractivity contribution in [1.82, 2.24) is 15.0 Å². The molecule has 2 aromatic heterocycles. The van der Waals surface area contributed by atoms with Crippen molar-refractivity contribution >= 4 is 0 Å². The molecule has 0 aliphatic heterocycles. The van der Waals surface area contributed by atoms with Crippen LogP contribution in [0.3, 0.4) is 0 Å². The molecule has 0 amide bonds. The lowest BCUT2D eigenvalue weighted by atomic mass is 10.2. The van der Waals surface area contributed by atoms with Gasteiger partial charge in [0.2, 0.25) is 0 Å². The first-order valence-corrected chi connectivity index (χ1v) is 7.23. The summed E-state index contributed by atoms with van der Waals surface area (Å²) in [5, 5.41) is 0. The van der Waals surface area contributed by atoms with E-state index < -0.39 is 0 Å². The zero-order valence-electron chi connectivity index (χ0n) is 14.2. The van der Waals surface area contributed by atoms with E-state index in [-0.39, 0.29) is 0 Å². The van der Waals surface area contributed by atoms with Crippen molar-refractivity contribution in [3.63, 3.8) is 0 Å². The average Bonchev–Trinajstić information content (AvgIpc) is 2.50. The second-order valence-electron chi connectivity index (χ2n) is 3.63. The predicted molar refractivity (Wildman–Crippen MR) is 87.9 cm³/mol. The minimum absolute atomic E-state index is 1.01. The molecule has 0 saturated carbocycles. The molecule has 0 spiro atoms. The molecule has 0 fully saturated rings. The quantitative estimate of drug-likeness (QED) is 0.690. The van der Waals surface area contributed by atoms with E-state index in [1.807, 2.05) is 60.7 Å². The molecule has 0 bridgehead atoms. The minimum Gasteiger partial charge on any atom is -0.261 e. The summed E-state index contributed by atoms with van der Waals surface area (Å²) in [6.07, 6.45) is 5.20. The van der Waals surface area contributed by atoms with Gasteiger partial charge in [0.1, 0.15) is 0 Å². The second kappa shape index (κ2) is 13.7. The number of nitrogens with zero attached hydrogens (tertiary/aromatic N) is 3. The molecular weight excluding hydrogens is 246 g/mol. The van der Waals surface area contributed by atoms with Gasteiger partial charge in [0.25, 0.3) is 0 Å². The lowest BCUT2D eigenvalue weighted by molar-refractivity contribution is 1.05. The van der Waals surface area contributed by atoms with Gasteiger partial charge in [-0.1, -0.05) is 33.8 Å². The topological polar surface area (TPSA) is 38.7 Å². The Kier molecular flexibility index (Phi) is 14.0. The van der Waals surface area contributed by atoms with Crippen LogP contribution in [0.4, 0.5) is 0 Å². The number of pyridine rings is 1. The second-order valence-corrected chi connectivity index (χ2v) is 3.63. The molecule has 3 heteroatoms. The van der Waals surface area contributed by atoms with E-state index in [4.69, 9.17) is 0 Å². The van der Waals surface area contributed by atoms with E-state index in [1.165, 1.54) is 5.56 Å². The van der Waals surface area contributed by atoms with Crippen LogP contribution < -0.4 is 0 Å². The third-order valence-corrected chi connectivity index (χ3v) is 2.40. The smallest absolute Gasteiger partial charge is 0.0584 e. The Hall–Kier alpha value is -1.77. The highest BCUT2D eigenvalue weighted by Gasteiger charge is 1.87. The van der Waals surface area contributed by atoms with Gasteiger partial charge in [0.15, 0.2) is 0 Å². The summed E-state index contributed by atoms with van der Waals surface area (Å²) in [6, 6.07) is 4.00. The Morgan fingerprint density at radius 2 is 1.00 bits per heavy atom. The van der Waals surface area contributed by atoms with Gasteiger partial charge in [-0.15, -0.1) is 0 Å². The molecule has 112 valence electrons. The zero-order valence-corrected chi connectivity index (χ0v) is 14.2. The first-order valence-electron chi connectivity index (χ1n) is 7.23. The number of aryl methyl sites for hydroxylation is 4. The number of aromatic nitrogens is 3. The largest absolute Gasteiger partial charge is 0.261 e. The normalized spacial score (nSPS) is 8.00. The van der Waals surface area contributed by atoms with E-state index in [9.17, 15) is 0 Å². The summed E-state index contributed by atoms with van der Waals surface area (Å²) in [5.74, 6) is 0. The van der Waals surface area contributed by atoms with Crippen LogP contribution in [0.5, 0.6) is 0 Å². The Labute approximate surface area is 124 Å². The minimum atomic E-state index is 1.01. The van der Waals surface area contributed by atoms with Crippen LogP contribution in [0.15, 0.2) is 30.7 Å². The van der Waals surface area contributed by atoms with Crippen LogP contribution >= 0.6 is 0 Å². The zero-order chi connectivity index (χ0) is 16.0. The summed E-state index contributed by atoms with van der Waals surface area (Å²) >= 11 is 0. The molecule has 0 aromatic carbocycles. The molecule has 0 atom stereocenters. The molecule has 0 saturated heterocycles. The monoisotopic (exact) mass is 275 g/mol. The lowest BCUT2D eigenvalue weighted by Crippen LogP contribution is -1.87. The third-order valence-electron chi connectivity index (χ3n) is 2.40. The van der Waals surface area contributed by atoms with Gasteiger partial charge in [-0.2, -0.15) is 0 Å². The number of hydrogen-bond acceptors (Lipinski definition) is 3. The molecule has 20 heavy (non-hydrogen) atoms. The molecule has 0 N–H and O–H groups in total. The fourth-order valence-electron chi connectivity index (χ4n) is 1.04. The van der Waals surface area contributed by atoms with Gasteiger partial charge in [-0.05, 0) is 39.3 Å². The molecular formula is C17H29N3. The highest BCUT2D eigenvalue weighted by Crippen LogP contribution is 1.98. The van der Waals surface area contributed by atoms with Crippen LogP contribution in [-0.2, 0) is 0 Å². The Balaban J connectivity index is 0. The van der Waals surface area contributed by atoms with Crippen LogP contribution in [0.2, 0.25) is 0 Å². The molecule has 2 aromatic rings. The van der Waals surface area contributed by atoms with Gasteiger partial charge in [0.05, 0.1) is 11.4 Å². The molecule has 0 aliphatic carbocycles. The van der Waals surface area contributed by atoms with Crippen molar-refractivity contribution in [2.24, 2.45) is 0 Å². The summed E-state index contributed by atoms with van der Waals surface area (Å²) in [6.45, 7) is 16.0. The summed E-state index contributed by atoms with van der Waals surface area (Å²) in [5.41, 5.74) is 4.39. The fraction of sp³-hybridized carbons (Fsp3) is 0.471.